The number of nitro groups is 1. The average molecular weight is 351 g/mol. The number of anilines is 1. The summed E-state index contributed by atoms with van der Waals surface area (Å²) in [6, 6.07) is 9.03. The number of halogens is 1. The number of ether oxygens (including phenoxy) is 2. The summed E-state index contributed by atoms with van der Waals surface area (Å²) in [5.41, 5.74) is 0.793. The Hall–Kier alpha value is -2.80. The van der Waals surface area contributed by atoms with Gasteiger partial charge in [-0.3, -0.25) is 10.1 Å². The van der Waals surface area contributed by atoms with Gasteiger partial charge in [0.1, 0.15) is 18.0 Å². The second kappa shape index (κ2) is 7.65. The third-order valence-corrected chi connectivity index (χ3v) is 3.54. The summed E-state index contributed by atoms with van der Waals surface area (Å²) in [5, 5.41) is 14.2. The summed E-state index contributed by atoms with van der Waals surface area (Å²) in [5.74, 6) is -0.147. The standard InChI is InChI=1S/C16H15ClN2O5/c1-18-13-5-3-10(8-14(13)19(21)22)16(20)24-9-11-7-12(17)4-6-15(11)23-2/h3-8,18H,9H2,1-2H3. The molecule has 0 aliphatic rings. The van der Waals surface area contributed by atoms with E-state index in [0.717, 1.165) is 0 Å². The van der Waals surface area contributed by atoms with E-state index < -0.39 is 10.9 Å². The molecule has 2 rings (SSSR count). The lowest BCUT2D eigenvalue weighted by molar-refractivity contribution is -0.384. The highest BCUT2D eigenvalue weighted by atomic mass is 35.5. The van der Waals surface area contributed by atoms with Crippen LogP contribution in [-0.4, -0.2) is 25.1 Å². The fourth-order valence-electron chi connectivity index (χ4n) is 2.11. The molecule has 0 aliphatic carbocycles. The summed E-state index contributed by atoms with van der Waals surface area (Å²) in [6.07, 6.45) is 0. The van der Waals surface area contributed by atoms with Gasteiger partial charge in [-0.2, -0.15) is 0 Å². The molecule has 8 heteroatoms. The van der Waals surface area contributed by atoms with Gasteiger partial charge >= 0.3 is 5.97 Å². The number of benzene rings is 2. The van der Waals surface area contributed by atoms with Gasteiger partial charge in [0.25, 0.3) is 5.69 Å². The molecule has 0 saturated heterocycles. The van der Waals surface area contributed by atoms with Crippen molar-refractivity contribution in [2.75, 3.05) is 19.5 Å². The van der Waals surface area contributed by atoms with Crippen LogP contribution in [0.3, 0.4) is 0 Å². The smallest absolute Gasteiger partial charge is 0.338 e. The van der Waals surface area contributed by atoms with Gasteiger partial charge in [-0.05, 0) is 30.3 Å². The average Bonchev–Trinajstić information content (AvgIpc) is 2.59. The molecular weight excluding hydrogens is 336 g/mol. The molecule has 7 nitrogen and oxygen atoms in total. The zero-order valence-corrected chi connectivity index (χ0v) is 13.8. The van der Waals surface area contributed by atoms with E-state index in [2.05, 4.69) is 5.32 Å². The fraction of sp³-hybridized carbons (Fsp3) is 0.188. The number of methoxy groups -OCH3 is 1. The van der Waals surface area contributed by atoms with E-state index >= 15 is 0 Å². The molecular formula is C16H15ClN2O5. The number of rotatable bonds is 6. The molecule has 0 aliphatic heterocycles. The maximum absolute atomic E-state index is 12.1. The van der Waals surface area contributed by atoms with Crippen molar-refractivity contribution < 1.29 is 19.2 Å². The van der Waals surface area contributed by atoms with E-state index in [1.165, 1.54) is 25.3 Å². The van der Waals surface area contributed by atoms with Crippen LogP contribution >= 0.6 is 11.6 Å². The Morgan fingerprint density at radius 3 is 2.67 bits per heavy atom. The predicted octanol–water partition coefficient (Wildman–Crippen LogP) is 3.66. The number of esters is 1. The van der Waals surface area contributed by atoms with Crippen LogP contribution in [0.2, 0.25) is 5.02 Å². The molecule has 0 spiro atoms. The molecule has 2 aromatic carbocycles. The van der Waals surface area contributed by atoms with E-state index in [0.29, 0.717) is 22.0 Å². The molecule has 0 unspecified atom stereocenters. The third kappa shape index (κ3) is 3.94. The number of carbonyl (C=O) groups excluding carboxylic acids is 1. The third-order valence-electron chi connectivity index (χ3n) is 3.30. The monoisotopic (exact) mass is 350 g/mol. The summed E-state index contributed by atoms with van der Waals surface area (Å²) in [4.78, 5) is 22.6. The Bertz CT molecular complexity index is 779. The van der Waals surface area contributed by atoms with Gasteiger partial charge in [-0.25, -0.2) is 4.79 Å². The van der Waals surface area contributed by atoms with Crippen molar-refractivity contribution >= 4 is 28.9 Å². The van der Waals surface area contributed by atoms with Crippen LogP contribution in [0.4, 0.5) is 11.4 Å². The number of hydrogen-bond acceptors (Lipinski definition) is 6. The van der Waals surface area contributed by atoms with E-state index in [1.54, 1.807) is 25.2 Å². The van der Waals surface area contributed by atoms with Crippen molar-refractivity contribution in [3.05, 3.63) is 62.7 Å². The van der Waals surface area contributed by atoms with Gasteiger partial charge in [0.05, 0.1) is 17.6 Å². The molecule has 1 N–H and O–H groups in total. The highest BCUT2D eigenvalue weighted by Crippen LogP contribution is 2.26. The van der Waals surface area contributed by atoms with Crippen molar-refractivity contribution in [1.82, 2.24) is 0 Å². The molecule has 0 amide bonds. The van der Waals surface area contributed by atoms with Crippen LogP contribution < -0.4 is 10.1 Å². The predicted molar refractivity (Wildman–Crippen MR) is 89.8 cm³/mol. The van der Waals surface area contributed by atoms with Gasteiger partial charge < -0.3 is 14.8 Å². The molecule has 0 radical (unpaired) electrons. The summed E-state index contributed by atoms with van der Waals surface area (Å²) in [6.45, 7) is -0.0653. The van der Waals surface area contributed by atoms with Crippen LogP contribution in [0.5, 0.6) is 5.75 Å². The number of nitrogens with one attached hydrogen (secondary N) is 1. The highest BCUT2D eigenvalue weighted by Gasteiger charge is 2.18. The van der Waals surface area contributed by atoms with E-state index in [4.69, 9.17) is 21.1 Å². The minimum atomic E-state index is -0.678. The molecule has 0 bridgehead atoms. The minimum Gasteiger partial charge on any atom is -0.496 e. The minimum absolute atomic E-state index is 0.0653. The first-order valence-electron chi connectivity index (χ1n) is 6.92. The lowest BCUT2D eigenvalue weighted by atomic mass is 10.1. The lowest BCUT2D eigenvalue weighted by Crippen LogP contribution is -2.07. The van der Waals surface area contributed by atoms with E-state index in [-0.39, 0.29) is 17.9 Å². The first kappa shape index (κ1) is 17.6. The largest absolute Gasteiger partial charge is 0.496 e. The Kier molecular flexibility index (Phi) is 5.59. The normalized spacial score (nSPS) is 10.1. The first-order valence-corrected chi connectivity index (χ1v) is 7.29. The van der Waals surface area contributed by atoms with E-state index in [9.17, 15) is 14.9 Å². The molecule has 2 aromatic rings. The molecule has 126 valence electrons. The Morgan fingerprint density at radius 1 is 1.29 bits per heavy atom. The Balaban J connectivity index is 2.17. The zero-order chi connectivity index (χ0) is 17.7. The van der Waals surface area contributed by atoms with Crippen LogP contribution in [0.1, 0.15) is 15.9 Å². The van der Waals surface area contributed by atoms with Crippen LogP contribution in [0, 0.1) is 10.1 Å². The Morgan fingerprint density at radius 2 is 2.04 bits per heavy atom. The number of nitro benzene ring substituents is 1. The quantitative estimate of drug-likeness (QED) is 0.485. The first-order chi connectivity index (χ1) is 11.5. The number of carbonyl (C=O) groups is 1. The second-order valence-electron chi connectivity index (χ2n) is 4.77. The maximum Gasteiger partial charge on any atom is 0.338 e. The van der Waals surface area contributed by atoms with E-state index in [1.807, 2.05) is 0 Å². The molecule has 0 heterocycles. The van der Waals surface area contributed by atoms with Crippen molar-refractivity contribution in [2.24, 2.45) is 0 Å². The summed E-state index contributed by atoms with van der Waals surface area (Å²) < 4.78 is 10.4. The Labute approximate surface area is 143 Å². The van der Waals surface area contributed by atoms with Crippen LogP contribution in [-0.2, 0) is 11.3 Å². The number of hydrogen-bond donors (Lipinski definition) is 1. The van der Waals surface area contributed by atoms with Gasteiger partial charge in [-0.15, -0.1) is 0 Å². The van der Waals surface area contributed by atoms with Crippen molar-refractivity contribution in [3.63, 3.8) is 0 Å². The van der Waals surface area contributed by atoms with Crippen LogP contribution in [0.15, 0.2) is 36.4 Å². The maximum atomic E-state index is 12.1. The highest BCUT2D eigenvalue weighted by molar-refractivity contribution is 6.30. The molecule has 0 saturated carbocycles. The van der Waals surface area contributed by atoms with Crippen molar-refractivity contribution in [2.45, 2.75) is 6.61 Å². The van der Waals surface area contributed by atoms with Gasteiger partial charge in [-0.1, -0.05) is 11.6 Å². The topological polar surface area (TPSA) is 90.7 Å². The SMILES string of the molecule is CNc1ccc(C(=O)OCc2cc(Cl)ccc2OC)cc1[N+](=O)[O-]. The molecule has 0 atom stereocenters. The zero-order valence-electron chi connectivity index (χ0n) is 13.0. The summed E-state index contributed by atoms with van der Waals surface area (Å²) >= 11 is 5.92. The fourth-order valence-corrected chi connectivity index (χ4v) is 2.30. The second-order valence-corrected chi connectivity index (χ2v) is 5.21. The molecule has 24 heavy (non-hydrogen) atoms. The van der Waals surface area contributed by atoms with Gasteiger partial charge in [0, 0.05) is 23.7 Å². The van der Waals surface area contributed by atoms with Gasteiger partial charge in [0.15, 0.2) is 0 Å². The lowest BCUT2D eigenvalue weighted by Gasteiger charge is -2.10. The van der Waals surface area contributed by atoms with Crippen LogP contribution in [0.25, 0.3) is 0 Å². The molecule has 0 fully saturated rings. The summed E-state index contributed by atoms with van der Waals surface area (Å²) in [7, 11) is 3.06. The van der Waals surface area contributed by atoms with Crippen molar-refractivity contribution in [1.29, 1.82) is 0 Å². The van der Waals surface area contributed by atoms with Gasteiger partial charge in [0.2, 0.25) is 0 Å². The number of nitrogens with zero attached hydrogens (tertiary/aromatic N) is 1. The molecule has 0 aromatic heterocycles. The van der Waals surface area contributed by atoms with Crippen molar-refractivity contribution in [3.8, 4) is 5.75 Å².